The number of aliphatic hydroxyl groups excluding tert-OH is 1. The van der Waals surface area contributed by atoms with Crippen molar-refractivity contribution >= 4 is 5.69 Å². The van der Waals surface area contributed by atoms with Gasteiger partial charge in [0.1, 0.15) is 0 Å². The molecular formula is C16H24N2O4. The summed E-state index contributed by atoms with van der Waals surface area (Å²) < 4.78 is 4.99. The van der Waals surface area contributed by atoms with Gasteiger partial charge in [-0.25, -0.2) is 0 Å². The van der Waals surface area contributed by atoms with Gasteiger partial charge in [0.15, 0.2) is 5.75 Å². The minimum atomic E-state index is -0.743. The molecule has 1 aliphatic rings. The van der Waals surface area contributed by atoms with E-state index in [0.717, 1.165) is 12.8 Å². The third-order valence-corrected chi connectivity index (χ3v) is 4.54. The predicted octanol–water partition coefficient (Wildman–Crippen LogP) is 2.90. The van der Waals surface area contributed by atoms with Gasteiger partial charge in [0.2, 0.25) is 0 Å². The summed E-state index contributed by atoms with van der Waals surface area (Å²) in [6.45, 7) is 4.82. The topological polar surface area (TPSA) is 75.8 Å². The first kappa shape index (κ1) is 16.7. The van der Waals surface area contributed by atoms with Crippen molar-refractivity contribution in [2.75, 3.05) is 13.7 Å². The van der Waals surface area contributed by atoms with Crippen LogP contribution in [0.1, 0.15) is 44.8 Å². The minimum absolute atomic E-state index is 0.112. The number of nitro benzene ring substituents is 1. The van der Waals surface area contributed by atoms with E-state index in [0.29, 0.717) is 24.2 Å². The molecule has 1 saturated heterocycles. The van der Waals surface area contributed by atoms with Crippen LogP contribution >= 0.6 is 0 Å². The summed E-state index contributed by atoms with van der Waals surface area (Å²) in [6.07, 6.45) is 2.72. The van der Waals surface area contributed by atoms with Crippen molar-refractivity contribution in [3.8, 4) is 5.75 Å². The van der Waals surface area contributed by atoms with E-state index in [9.17, 15) is 15.2 Å². The van der Waals surface area contributed by atoms with E-state index >= 15 is 0 Å². The standard InChI is InChI=1S/C16H24N2O4/c1-11-5-4-6-12(2)17(11)10-15(19)13-7-8-16(22-3)14(9-13)18(20)21/h7-9,11-12,15,19H,4-6,10H2,1-3H3. The largest absolute Gasteiger partial charge is 0.490 e. The molecule has 1 aromatic rings. The summed E-state index contributed by atoms with van der Waals surface area (Å²) in [4.78, 5) is 12.9. The summed E-state index contributed by atoms with van der Waals surface area (Å²) in [7, 11) is 1.40. The number of benzene rings is 1. The molecule has 0 radical (unpaired) electrons. The molecule has 6 heteroatoms. The Hall–Kier alpha value is -1.66. The molecule has 0 aromatic heterocycles. The van der Waals surface area contributed by atoms with Crippen LogP contribution in [-0.2, 0) is 0 Å². The van der Waals surface area contributed by atoms with E-state index in [4.69, 9.17) is 4.74 Å². The molecular weight excluding hydrogens is 284 g/mol. The maximum Gasteiger partial charge on any atom is 0.311 e. The van der Waals surface area contributed by atoms with Crippen molar-refractivity contribution in [3.05, 3.63) is 33.9 Å². The van der Waals surface area contributed by atoms with E-state index in [-0.39, 0.29) is 11.4 Å². The van der Waals surface area contributed by atoms with Gasteiger partial charge in [0.25, 0.3) is 0 Å². The minimum Gasteiger partial charge on any atom is -0.490 e. The molecule has 3 atom stereocenters. The van der Waals surface area contributed by atoms with Crippen LogP contribution in [-0.4, -0.2) is 40.7 Å². The highest BCUT2D eigenvalue weighted by Gasteiger charge is 2.27. The van der Waals surface area contributed by atoms with Gasteiger partial charge in [0, 0.05) is 24.7 Å². The highest BCUT2D eigenvalue weighted by molar-refractivity contribution is 5.49. The molecule has 2 rings (SSSR count). The molecule has 1 aromatic carbocycles. The molecule has 0 bridgehead atoms. The van der Waals surface area contributed by atoms with Gasteiger partial charge in [-0.3, -0.25) is 15.0 Å². The monoisotopic (exact) mass is 308 g/mol. The first-order valence-corrected chi connectivity index (χ1v) is 7.70. The Morgan fingerprint density at radius 1 is 1.41 bits per heavy atom. The van der Waals surface area contributed by atoms with Crippen LogP contribution in [0.2, 0.25) is 0 Å². The molecule has 0 saturated carbocycles. The van der Waals surface area contributed by atoms with Gasteiger partial charge in [0.05, 0.1) is 18.1 Å². The maximum absolute atomic E-state index is 11.1. The van der Waals surface area contributed by atoms with Gasteiger partial charge in [-0.2, -0.15) is 0 Å². The Kier molecular flexibility index (Phi) is 5.37. The maximum atomic E-state index is 11.1. The van der Waals surface area contributed by atoms with Crippen molar-refractivity contribution in [2.45, 2.75) is 51.3 Å². The number of hydrogen-bond acceptors (Lipinski definition) is 5. The Balaban J connectivity index is 2.17. The highest BCUT2D eigenvalue weighted by Crippen LogP contribution is 2.31. The van der Waals surface area contributed by atoms with Crippen molar-refractivity contribution in [1.82, 2.24) is 4.90 Å². The lowest BCUT2D eigenvalue weighted by Gasteiger charge is -2.40. The quantitative estimate of drug-likeness (QED) is 0.668. The summed E-state index contributed by atoms with van der Waals surface area (Å²) in [5.41, 5.74) is 0.441. The fourth-order valence-electron chi connectivity index (χ4n) is 3.20. The number of aliphatic hydroxyl groups is 1. The summed E-state index contributed by atoms with van der Waals surface area (Å²) in [5.74, 6) is 0.209. The number of ether oxygens (including phenoxy) is 1. The zero-order chi connectivity index (χ0) is 16.3. The van der Waals surface area contributed by atoms with E-state index < -0.39 is 11.0 Å². The zero-order valence-corrected chi connectivity index (χ0v) is 13.4. The van der Waals surface area contributed by atoms with E-state index in [1.165, 1.54) is 19.6 Å². The molecule has 0 aliphatic carbocycles. The lowest BCUT2D eigenvalue weighted by atomic mass is 9.96. The average molecular weight is 308 g/mol. The van der Waals surface area contributed by atoms with Crippen LogP contribution in [0.15, 0.2) is 18.2 Å². The van der Waals surface area contributed by atoms with Crippen LogP contribution in [0.25, 0.3) is 0 Å². The van der Waals surface area contributed by atoms with E-state index in [1.54, 1.807) is 12.1 Å². The number of nitro groups is 1. The van der Waals surface area contributed by atoms with Gasteiger partial charge in [-0.05, 0) is 38.3 Å². The second-order valence-corrected chi connectivity index (χ2v) is 6.03. The Morgan fingerprint density at radius 3 is 2.59 bits per heavy atom. The lowest BCUT2D eigenvalue weighted by molar-refractivity contribution is -0.385. The number of nitrogens with zero attached hydrogens (tertiary/aromatic N) is 2. The van der Waals surface area contributed by atoms with E-state index in [1.807, 2.05) is 0 Å². The first-order valence-electron chi connectivity index (χ1n) is 7.70. The third-order valence-electron chi connectivity index (χ3n) is 4.54. The van der Waals surface area contributed by atoms with Gasteiger partial charge in [-0.1, -0.05) is 12.5 Å². The fourth-order valence-corrected chi connectivity index (χ4v) is 3.20. The van der Waals surface area contributed by atoms with Crippen molar-refractivity contribution in [1.29, 1.82) is 0 Å². The van der Waals surface area contributed by atoms with Crippen LogP contribution < -0.4 is 4.74 Å². The van der Waals surface area contributed by atoms with E-state index in [2.05, 4.69) is 18.7 Å². The number of methoxy groups -OCH3 is 1. The summed E-state index contributed by atoms with van der Waals surface area (Å²) in [5, 5.41) is 21.6. The Bertz CT molecular complexity index is 525. The molecule has 3 unspecified atom stereocenters. The molecule has 0 amide bonds. The molecule has 22 heavy (non-hydrogen) atoms. The third kappa shape index (κ3) is 3.56. The molecule has 6 nitrogen and oxygen atoms in total. The number of piperidine rings is 1. The van der Waals surface area contributed by atoms with Crippen LogP contribution in [0.4, 0.5) is 5.69 Å². The molecule has 0 spiro atoms. The second kappa shape index (κ2) is 7.07. The summed E-state index contributed by atoms with van der Waals surface area (Å²) >= 11 is 0. The molecule has 1 aliphatic heterocycles. The van der Waals surface area contributed by atoms with Gasteiger partial charge >= 0.3 is 5.69 Å². The van der Waals surface area contributed by atoms with Gasteiger partial charge in [-0.15, -0.1) is 0 Å². The van der Waals surface area contributed by atoms with Crippen molar-refractivity contribution < 1.29 is 14.8 Å². The molecule has 122 valence electrons. The number of likely N-dealkylation sites (tertiary alicyclic amines) is 1. The smallest absolute Gasteiger partial charge is 0.311 e. The highest BCUT2D eigenvalue weighted by atomic mass is 16.6. The normalized spacial score (nSPS) is 24.0. The average Bonchev–Trinajstić information content (AvgIpc) is 2.50. The molecule has 1 N–H and O–H groups in total. The fraction of sp³-hybridized carbons (Fsp3) is 0.625. The van der Waals surface area contributed by atoms with Gasteiger partial charge < -0.3 is 9.84 Å². The molecule has 1 heterocycles. The van der Waals surface area contributed by atoms with Crippen LogP contribution in [0.3, 0.4) is 0 Å². The van der Waals surface area contributed by atoms with Crippen LogP contribution in [0, 0.1) is 10.1 Å². The number of β-amino-alcohol motifs (C(OH)–C–C–N with tert-alkyl or cyclic N) is 1. The van der Waals surface area contributed by atoms with Crippen LogP contribution in [0.5, 0.6) is 5.75 Å². The zero-order valence-electron chi connectivity index (χ0n) is 13.4. The predicted molar refractivity (Wildman–Crippen MR) is 84.1 cm³/mol. The lowest BCUT2D eigenvalue weighted by Crippen LogP contribution is -2.45. The Labute approximate surface area is 130 Å². The van der Waals surface area contributed by atoms with Crippen molar-refractivity contribution in [2.24, 2.45) is 0 Å². The SMILES string of the molecule is COc1ccc(C(O)CN2C(C)CCCC2C)cc1[N+](=O)[O-]. The number of hydrogen-bond donors (Lipinski definition) is 1. The first-order chi connectivity index (χ1) is 10.4. The second-order valence-electron chi connectivity index (χ2n) is 6.03. The Morgan fingerprint density at radius 2 is 2.05 bits per heavy atom. The van der Waals surface area contributed by atoms with Crippen molar-refractivity contribution in [3.63, 3.8) is 0 Å². The number of rotatable bonds is 5. The molecule has 1 fully saturated rings. The summed E-state index contributed by atoms with van der Waals surface area (Å²) in [6, 6.07) is 5.48.